The summed E-state index contributed by atoms with van der Waals surface area (Å²) >= 11 is 0. The molecule has 1 saturated heterocycles. The van der Waals surface area contributed by atoms with E-state index in [0.29, 0.717) is 17.5 Å². The molecule has 1 rings (SSSR count). The summed E-state index contributed by atoms with van der Waals surface area (Å²) in [5.41, 5.74) is 0.325. The number of rotatable bonds is 4. The molecule has 0 aliphatic carbocycles. The molecule has 1 fully saturated rings. The van der Waals surface area contributed by atoms with Crippen molar-refractivity contribution in [3.05, 3.63) is 0 Å². The van der Waals surface area contributed by atoms with Gasteiger partial charge < -0.3 is 10.2 Å². The van der Waals surface area contributed by atoms with Gasteiger partial charge in [0.1, 0.15) is 0 Å². The summed E-state index contributed by atoms with van der Waals surface area (Å²) in [6.07, 6.45) is 1.30. The molecule has 1 aliphatic heterocycles. The zero-order valence-electron chi connectivity index (χ0n) is 12.6. The van der Waals surface area contributed by atoms with Gasteiger partial charge in [0, 0.05) is 25.2 Å². The Morgan fingerprint density at radius 2 is 2.00 bits per heavy atom. The summed E-state index contributed by atoms with van der Waals surface area (Å²) in [6, 6.07) is 1.22. The van der Waals surface area contributed by atoms with E-state index in [1.165, 1.54) is 32.6 Å². The molecule has 3 nitrogen and oxygen atoms in total. The first-order valence-corrected chi connectivity index (χ1v) is 6.96. The SMILES string of the molecule is CNC(C)C(C)(C)CN1CCCN(C)CC1C. The van der Waals surface area contributed by atoms with E-state index in [9.17, 15) is 0 Å². The van der Waals surface area contributed by atoms with E-state index >= 15 is 0 Å². The molecule has 3 heteroatoms. The maximum Gasteiger partial charge on any atom is 0.0195 e. The molecule has 17 heavy (non-hydrogen) atoms. The van der Waals surface area contributed by atoms with Crippen LogP contribution < -0.4 is 5.32 Å². The third-order valence-corrected chi connectivity index (χ3v) is 4.40. The number of hydrogen-bond donors (Lipinski definition) is 1. The van der Waals surface area contributed by atoms with Gasteiger partial charge in [0.05, 0.1) is 0 Å². The van der Waals surface area contributed by atoms with Gasteiger partial charge in [-0.1, -0.05) is 13.8 Å². The smallest absolute Gasteiger partial charge is 0.0195 e. The first-order chi connectivity index (χ1) is 7.86. The second kappa shape index (κ2) is 6.17. The minimum atomic E-state index is 0.325. The van der Waals surface area contributed by atoms with Crippen LogP contribution in [0.15, 0.2) is 0 Å². The average molecular weight is 241 g/mol. The van der Waals surface area contributed by atoms with Crippen LogP contribution in [0.2, 0.25) is 0 Å². The Hall–Kier alpha value is -0.120. The molecule has 0 aromatic carbocycles. The lowest BCUT2D eigenvalue weighted by atomic mass is 9.84. The molecule has 0 radical (unpaired) electrons. The quantitative estimate of drug-likeness (QED) is 0.807. The van der Waals surface area contributed by atoms with Crippen LogP contribution in [0.25, 0.3) is 0 Å². The highest BCUT2D eigenvalue weighted by Crippen LogP contribution is 2.24. The summed E-state index contributed by atoms with van der Waals surface area (Å²) in [4.78, 5) is 5.12. The largest absolute Gasteiger partial charge is 0.317 e. The zero-order valence-corrected chi connectivity index (χ0v) is 12.6. The van der Waals surface area contributed by atoms with Gasteiger partial charge >= 0.3 is 0 Å². The second-order valence-corrected chi connectivity index (χ2v) is 6.43. The third-order valence-electron chi connectivity index (χ3n) is 4.40. The fraction of sp³-hybridized carbons (Fsp3) is 1.00. The number of nitrogens with one attached hydrogen (secondary N) is 1. The van der Waals surface area contributed by atoms with Crippen molar-refractivity contribution in [2.75, 3.05) is 40.3 Å². The van der Waals surface area contributed by atoms with Crippen molar-refractivity contribution in [3.8, 4) is 0 Å². The highest BCUT2D eigenvalue weighted by Gasteiger charge is 2.30. The first-order valence-electron chi connectivity index (χ1n) is 6.96. The lowest BCUT2D eigenvalue weighted by molar-refractivity contribution is 0.114. The molecule has 0 aromatic heterocycles. The monoisotopic (exact) mass is 241 g/mol. The lowest BCUT2D eigenvalue weighted by Crippen LogP contribution is -2.49. The molecule has 1 N–H and O–H groups in total. The van der Waals surface area contributed by atoms with Gasteiger partial charge in [0.25, 0.3) is 0 Å². The normalized spacial score (nSPS) is 26.8. The highest BCUT2D eigenvalue weighted by molar-refractivity contribution is 4.86. The maximum atomic E-state index is 3.40. The van der Waals surface area contributed by atoms with Crippen LogP contribution in [0.4, 0.5) is 0 Å². The van der Waals surface area contributed by atoms with E-state index < -0.39 is 0 Å². The molecule has 0 bridgehead atoms. The van der Waals surface area contributed by atoms with Crippen molar-refractivity contribution in [1.82, 2.24) is 15.1 Å². The van der Waals surface area contributed by atoms with Crippen LogP contribution in [0.1, 0.15) is 34.1 Å². The molecule has 1 aliphatic rings. The van der Waals surface area contributed by atoms with E-state index in [1.807, 2.05) is 0 Å². The molecule has 0 aromatic rings. The van der Waals surface area contributed by atoms with Crippen molar-refractivity contribution in [2.24, 2.45) is 5.41 Å². The molecule has 102 valence electrons. The van der Waals surface area contributed by atoms with E-state index in [0.717, 1.165) is 0 Å². The topological polar surface area (TPSA) is 18.5 Å². The van der Waals surface area contributed by atoms with Gasteiger partial charge in [-0.15, -0.1) is 0 Å². The Kier molecular flexibility index (Phi) is 5.42. The van der Waals surface area contributed by atoms with Crippen LogP contribution in [0.5, 0.6) is 0 Å². The Morgan fingerprint density at radius 3 is 2.59 bits per heavy atom. The molecule has 0 amide bonds. The van der Waals surface area contributed by atoms with E-state index in [2.05, 4.69) is 56.9 Å². The van der Waals surface area contributed by atoms with Gasteiger partial charge in [0.2, 0.25) is 0 Å². The number of likely N-dealkylation sites (N-methyl/N-ethyl adjacent to an activating group) is 1. The van der Waals surface area contributed by atoms with Crippen LogP contribution in [-0.2, 0) is 0 Å². The lowest BCUT2D eigenvalue weighted by Gasteiger charge is -2.39. The summed E-state index contributed by atoms with van der Waals surface area (Å²) < 4.78 is 0. The van der Waals surface area contributed by atoms with Crippen LogP contribution in [0, 0.1) is 5.41 Å². The minimum absolute atomic E-state index is 0.325. The van der Waals surface area contributed by atoms with Crippen molar-refractivity contribution in [3.63, 3.8) is 0 Å². The first kappa shape index (κ1) is 14.9. The van der Waals surface area contributed by atoms with Gasteiger partial charge in [0.15, 0.2) is 0 Å². The third kappa shape index (κ3) is 4.23. The maximum absolute atomic E-state index is 3.40. The zero-order chi connectivity index (χ0) is 13.1. The molecule has 1 heterocycles. The minimum Gasteiger partial charge on any atom is -0.317 e. The summed E-state index contributed by atoms with van der Waals surface area (Å²) in [7, 11) is 4.30. The van der Waals surface area contributed by atoms with E-state index in [-0.39, 0.29) is 0 Å². The molecule has 0 spiro atoms. The van der Waals surface area contributed by atoms with Crippen molar-refractivity contribution >= 4 is 0 Å². The van der Waals surface area contributed by atoms with Crippen LogP contribution in [0.3, 0.4) is 0 Å². The molecular weight excluding hydrogens is 210 g/mol. The fourth-order valence-electron chi connectivity index (χ4n) is 2.71. The standard InChI is InChI=1S/C14H31N3/c1-12-10-16(6)8-7-9-17(12)11-14(3,4)13(2)15-5/h12-13,15H,7-11H2,1-6H3. The van der Waals surface area contributed by atoms with E-state index in [1.54, 1.807) is 0 Å². The van der Waals surface area contributed by atoms with Gasteiger partial charge in [-0.2, -0.15) is 0 Å². The molecule has 0 saturated carbocycles. The Morgan fingerprint density at radius 1 is 1.35 bits per heavy atom. The van der Waals surface area contributed by atoms with Crippen LogP contribution in [-0.4, -0.2) is 62.2 Å². The molecule has 2 atom stereocenters. The van der Waals surface area contributed by atoms with Gasteiger partial charge in [-0.3, -0.25) is 4.90 Å². The van der Waals surface area contributed by atoms with Crippen molar-refractivity contribution < 1.29 is 0 Å². The van der Waals surface area contributed by atoms with Crippen LogP contribution >= 0.6 is 0 Å². The van der Waals surface area contributed by atoms with Gasteiger partial charge in [-0.05, 0) is 52.9 Å². The summed E-state index contributed by atoms with van der Waals surface area (Å²) in [5, 5.41) is 3.40. The predicted octanol–water partition coefficient (Wildman–Crippen LogP) is 1.65. The summed E-state index contributed by atoms with van der Waals surface area (Å²) in [5.74, 6) is 0. The Labute approximate surface area is 108 Å². The highest BCUT2D eigenvalue weighted by atomic mass is 15.2. The predicted molar refractivity (Wildman–Crippen MR) is 75.5 cm³/mol. The second-order valence-electron chi connectivity index (χ2n) is 6.43. The summed E-state index contributed by atoms with van der Waals surface area (Å²) in [6.45, 7) is 14.3. The molecular formula is C14H31N3. The number of nitrogens with zero attached hydrogens (tertiary/aromatic N) is 2. The Balaban J connectivity index is 2.60. The Bertz CT molecular complexity index is 228. The average Bonchev–Trinajstić information content (AvgIpc) is 2.39. The number of hydrogen-bond acceptors (Lipinski definition) is 3. The fourth-order valence-corrected chi connectivity index (χ4v) is 2.71. The van der Waals surface area contributed by atoms with Gasteiger partial charge in [-0.25, -0.2) is 0 Å². The van der Waals surface area contributed by atoms with E-state index in [4.69, 9.17) is 0 Å². The molecule has 2 unspecified atom stereocenters. The van der Waals surface area contributed by atoms with Crippen molar-refractivity contribution in [2.45, 2.75) is 46.2 Å². The van der Waals surface area contributed by atoms with Crippen molar-refractivity contribution in [1.29, 1.82) is 0 Å².